The number of ether oxygens (including phenoxy) is 1. The normalized spacial score (nSPS) is 15.1. The summed E-state index contributed by atoms with van der Waals surface area (Å²) >= 11 is 0. The summed E-state index contributed by atoms with van der Waals surface area (Å²) in [5.74, 6) is -0.895. The zero-order chi connectivity index (χ0) is 23.3. The third kappa shape index (κ3) is 16.3. The van der Waals surface area contributed by atoms with Crippen molar-refractivity contribution in [3.8, 4) is 0 Å². The Morgan fingerprint density at radius 1 is 0.719 bits per heavy atom. The van der Waals surface area contributed by atoms with Gasteiger partial charge in [0.25, 0.3) is 0 Å². The minimum Gasteiger partial charge on any atom is -0.459 e. The molecule has 0 aromatic carbocycles. The van der Waals surface area contributed by atoms with Gasteiger partial charge in [-0.2, -0.15) is 0 Å². The van der Waals surface area contributed by atoms with Crippen molar-refractivity contribution in [2.24, 2.45) is 5.73 Å². The number of unbranched alkanes of at least 4 members (excludes halogenated alkanes) is 15. The monoisotopic (exact) mass is 449 g/mol. The fraction of sp³-hybridized carbons (Fsp3) is 0.857. The van der Waals surface area contributed by atoms with Crippen molar-refractivity contribution in [1.82, 2.24) is 0 Å². The molecule has 0 aliphatic heterocycles. The van der Waals surface area contributed by atoms with Crippen LogP contribution >= 0.6 is 0 Å². The molecule has 1 rings (SSSR count). The van der Waals surface area contributed by atoms with Crippen LogP contribution in [0.25, 0.3) is 0 Å². The molecule has 0 atom stereocenters. The van der Waals surface area contributed by atoms with E-state index in [1.807, 2.05) is 0 Å². The summed E-state index contributed by atoms with van der Waals surface area (Å²) in [7, 11) is 0. The zero-order valence-electron chi connectivity index (χ0n) is 21.0. The van der Waals surface area contributed by atoms with Crippen LogP contribution in [0.1, 0.15) is 148 Å². The van der Waals surface area contributed by atoms with Gasteiger partial charge in [0.05, 0.1) is 0 Å². The molecule has 1 aliphatic rings. The van der Waals surface area contributed by atoms with Gasteiger partial charge >= 0.3 is 5.97 Å². The summed E-state index contributed by atoms with van der Waals surface area (Å²) in [6.45, 7) is 2.27. The second-order valence-electron chi connectivity index (χ2n) is 9.79. The average Bonchev–Trinajstić information content (AvgIpc) is 2.78. The van der Waals surface area contributed by atoms with E-state index in [2.05, 4.69) is 6.92 Å². The molecular weight excluding hydrogens is 398 g/mol. The number of carbonyl (C=O) groups excluding carboxylic acids is 2. The minimum atomic E-state index is -0.558. The van der Waals surface area contributed by atoms with Crippen LogP contribution in [0.5, 0.6) is 0 Å². The fourth-order valence-corrected chi connectivity index (χ4v) is 4.68. The molecule has 0 saturated heterocycles. The Bertz CT molecular complexity index is 509. The van der Waals surface area contributed by atoms with E-state index in [9.17, 15) is 9.59 Å². The van der Waals surface area contributed by atoms with Crippen LogP contribution < -0.4 is 5.73 Å². The Hall–Kier alpha value is -1.32. The van der Waals surface area contributed by atoms with Crippen molar-refractivity contribution >= 4 is 11.9 Å². The van der Waals surface area contributed by atoms with Gasteiger partial charge in [-0.15, -0.1) is 0 Å². The lowest BCUT2D eigenvalue weighted by Gasteiger charge is -2.22. The topological polar surface area (TPSA) is 69.4 Å². The molecule has 1 saturated carbocycles. The van der Waals surface area contributed by atoms with Gasteiger partial charge in [0.15, 0.2) is 0 Å². The molecule has 0 heterocycles. The smallest absolute Gasteiger partial charge is 0.334 e. The van der Waals surface area contributed by atoms with Gasteiger partial charge in [0, 0.05) is 11.6 Å². The number of amides is 1. The molecule has 0 bridgehead atoms. The average molecular weight is 450 g/mol. The van der Waals surface area contributed by atoms with Crippen LogP contribution in [0.15, 0.2) is 11.6 Å². The van der Waals surface area contributed by atoms with E-state index in [-0.39, 0.29) is 12.1 Å². The van der Waals surface area contributed by atoms with Crippen LogP contribution in [0, 0.1) is 0 Å². The number of primary amides is 1. The van der Waals surface area contributed by atoms with E-state index in [1.54, 1.807) is 0 Å². The Labute approximate surface area is 198 Å². The van der Waals surface area contributed by atoms with E-state index in [1.165, 1.54) is 102 Å². The first-order valence-corrected chi connectivity index (χ1v) is 13.8. The maximum absolute atomic E-state index is 12.4. The van der Waals surface area contributed by atoms with Crippen LogP contribution in [-0.4, -0.2) is 18.0 Å². The third-order valence-corrected chi connectivity index (χ3v) is 6.70. The molecule has 32 heavy (non-hydrogen) atoms. The molecule has 0 radical (unpaired) electrons. The van der Waals surface area contributed by atoms with Gasteiger partial charge in [0.2, 0.25) is 5.91 Å². The molecule has 0 spiro atoms. The van der Waals surface area contributed by atoms with Gasteiger partial charge in [-0.25, -0.2) is 4.79 Å². The maximum Gasteiger partial charge on any atom is 0.334 e. The van der Waals surface area contributed by atoms with Crippen molar-refractivity contribution in [3.63, 3.8) is 0 Å². The van der Waals surface area contributed by atoms with Gasteiger partial charge in [-0.3, -0.25) is 4.79 Å². The molecule has 0 unspecified atom stereocenters. The number of hydrogen-bond acceptors (Lipinski definition) is 3. The van der Waals surface area contributed by atoms with Crippen molar-refractivity contribution in [2.75, 3.05) is 0 Å². The lowest BCUT2D eigenvalue weighted by atomic mass is 9.97. The van der Waals surface area contributed by atoms with Gasteiger partial charge in [-0.05, 0) is 38.5 Å². The molecule has 2 N–H and O–H groups in total. The standard InChI is InChI=1S/C28H51NO3/c1-2-3-4-5-6-7-8-9-10-11-12-13-14-15-16-18-21-25(24-27(29)30)28(31)32-26-22-19-17-20-23-26/h24,26H,2-23H2,1H3,(H2,29,30). The van der Waals surface area contributed by atoms with E-state index < -0.39 is 5.91 Å². The number of rotatable bonds is 20. The van der Waals surface area contributed by atoms with Crippen molar-refractivity contribution in [1.29, 1.82) is 0 Å². The highest BCUT2D eigenvalue weighted by Crippen LogP contribution is 2.22. The van der Waals surface area contributed by atoms with E-state index in [4.69, 9.17) is 10.5 Å². The first-order valence-electron chi connectivity index (χ1n) is 13.8. The fourth-order valence-electron chi connectivity index (χ4n) is 4.68. The van der Waals surface area contributed by atoms with Crippen molar-refractivity contribution < 1.29 is 14.3 Å². The molecule has 0 aromatic heterocycles. The lowest BCUT2D eigenvalue weighted by Crippen LogP contribution is -2.23. The van der Waals surface area contributed by atoms with Crippen LogP contribution in [0.2, 0.25) is 0 Å². The molecule has 186 valence electrons. The quantitative estimate of drug-likeness (QED) is 0.116. The van der Waals surface area contributed by atoms with E-state index >= 15 is 0 Å². The summed E-state index contributed by atoms with van der Waals surface area (Å²) in [6.07, 6.45) is 28.3. The van der Waals surface area contributed by atoms with Gasteiger partial charge in [0.1, 0.15) is 6.10 Å². The molecule has 4 heteroatoms. The third-order valence-electron chi connectivity index (χ3n) is 6.70. The number of nitrogens with two attached hydrogens (primary N) is 1. The summed E-state index contributed by atoms with van der Waals surface area (Å²) in [5.41, 5.74) is 5.75. The van der Waals surface area contributed by atoms with Crippen molar-refractivity contribution in [2.45, 2.75) is 154 Å². The summed E-state index contributed by atoms with van der Waals surface area (Å²) in [4.78, 5) is 23.8. The predicted molar refractivity (Wildman–Crippen MR) is 134 cm³/mol. The number of hydrogen-bond donors (Lipinski definition) is 1. The largest absolute Gasteiger partial charge is 0.459 e. The first kappa shape index (κ1) is 28.7. The second-order valence-corrected chi connectivity index (χ2v) is 9.79. The molecule has 4 nitrogen and oxygen atoms in total. The Morgan fingerprint density at radius 3 is 1.59 bits per heavy atom. The molecular formula is C28H51NO3. The maximum atomic E-state index is 12.4. The number of carbonyl (C=O) groups is 2. The summed E-state index contributed by atoms with van der Waals surface area (Å²) in [5, 5.41) is 0. The van der Waals surface area contributed by atoms with E-state index in [0.717, 1.165) is 38.5 Å². The summed E-state index contributed by atoms with van der Waals surface area (Å²) < 4.78 is 5.62. The Balaban J connectivity index is 1.99. The SMILES string of the molecule is CCCCCCCCCCCCCCCCCCC(=CC(N)=O)C(=O)OC1CCCCC1. The Morgan fingerprint density at radius 2 is 1.16 bits per heavy atom. The van der Waals surface area contributed by atoms with Gasteiger partial charge < -0.3 is 10.5 Å². The molecule has 1 fully saturated rings. The van der Waals surface area contributed by atoms with E-state index in [0.29, 0.717) is 12.0 Å². The second kappa shape index (κ2) is 20.3. The lowest BCUT2D eigenvalue weighted by molar-refractivity contribution is -0.146. The van der Waals surface area contributed by atoms with Crippen LogP contribution in [0.4, 0.5) is 0 Å². The highest BCUT2D eigenvalue weighted by molar-refractivity contribution is 5.97. The first-order chi connectivity index (χ1) is 15.6. The summed E-state index contributed by atoms with van der Waals surface area (Å²) in [6, 6.07) is 0. The van der Waals surface area contributed by atoms with Crippen molar-refractivity contribution in [3.05, 3.63) is 11.6 Å². The Kier molecular flexibility index (Phi) is 18.2. The zero-order valence-corrected chi connectivity index (χ0v) is 21.0. The highest BCUT2D eigenvalue weighted by atomic mass is 16.5. The number of esters is 1. The van der Waals surface area contributed by atoms with Crippen LogP contribution in [0.3, 0.4) is 0 Å². The highest BCUT2D eigenvalue weighted by Gasteiger charge is 2.20. The molecule has 1 amide bonds. The minimum absolute atomic E-state index is 0.0123. The predicted octanol–water partition coefficient (Wildman–Crippen LogP) is 7.93. The molecule has 0 aromatic rings. The molecule has 1 aliphatic carbocycles. The van der Waals surface area contributed by atoms with Gasteiger partial charge in [-0.1, -0.05) is 110 Å². The van der Waals surface area contributed by atoms with Crippen LogP contribution in [-0.2, 0) is 14.3 Å².